The lowest BCUT2D eigenvalue weighted by atomic mass is 10.1. The average Bonchev–Trinajstić information content (AvgIpc) is 2.82. The van der Waals surface area contributed by atoms with Gasteiger partial charge in [-0.1, -0.05) is 41.5 Å². The van der Waals surface area contributed by atoms with Crippen LogP contribution in [0.3, 0.4) is 0 Å². The summed E-state index contributed by atoms with van der Waals surface area (Å²) in [5, 5.41) is 12.4. The number of pyridine rings is 1. The third-order valence-corrected chi connectivity index (χ3v) is 5.23. The molecule has 34 heavy (non-hydrogen) atoms. The Bertz CT molecular complexity index is 1530. The van der Waals surface area contributed by atoms with Crippen LogP contribution in [0.25, 0.3) is 11.7 Å². The number of ether oxygens (including phenoxy) is 1. The molecule has 0 saturated heterocycles. The summed E-state index contributed by atoms with van der Waals surface area (Å²) >= 11 is 0. The molecule has 1 N–H and O–H groups in total. The molecule has 0 unspecified atom stereocenters. The Morgan fingerprint density at radius 3 is 2.50 bits per heavy atom. The number of anilines is 1. The van der Waals surface area contributed by atoms with Crippen LogP contribution in [0, 0.1) is 32.1 Å². The molecule has 0 bridgehead atoms. The zero-order valence-electron chi connectivity index (χ0n) is 19.0. The van der Waals surface area contributed by atoms with Gasteiger partial charge in [0.15, 0.2) is 0 Å². The van der Waals surface area contributed by atoms with Gasteiger partial charge in [0.05, 0.1) is 0 Å². The van der Waals surface area contributed by atoms with Gasteiger partial charge in [0.25, 0.3) is 11.5 Å². The van der Waals surface area contributed by atoms with Crippen molar-refractivity contribution in [1.82, 2.24) is 9.38 Å². The predicted molar refractivity (Wildman–Crippen MR) is 131 cm³/mol. The highest BCUT2D eigenvalue weighted by atomic mass is 16.5. The van der Waals surface area contributed by atoms with E-state index in [-0.39, 0.29) is 17.0 Å². The van der Waals surface area contributed by atoms with Crippen molar-refractivity contribution in [3.63, 3.8) is 0 Å². The molecule has 0 radical (unpaired) electrons. The third kappa shape index (κ3) is 4.71. The molecule has 7 heteroatoms. The number of aromatic nitrogens is 2. The number of nitrogens with zero attached hydrogens (tertiary/aromatic N) is 3. The summed E-state index contributed by atoms with van der Waals surface area (Å²) in [6.07, 6.45) is 2.79. The number of aryl methyl sites for hydroxylation is 3. The van der Waals surface area contributed by atoms with Gasteiger partial charge in [-0.25, -0.2) is 0 Å². The SMILES string of the molecule is Cc1ccc(NC(=O)/C(C#N)=C/c2c(Oc3ccc(C)cc3C)nc3ccccn3c2=O)cc1. The van der Waals surface area contributed by atoms with Gasteiger partial charge in [0.1, 0.15) is 28.6 Å². The Balaban J connectivity index is 1.81. The molecular formula is C27H22N4O3. The second-order valence-corrected chi connectivity index (χ2v) is 7.93. The summed E-state index contributed by atoms with van der Waals surface area (Å²) in [4.78, 5) is 30.6. The fourth-order valence-corrected chi connectivity index (χ4v) is 3.43. The molecule has 2 heterocycles. The molecule has 168 valence electrons. The van der Waals surface area contributed by atoms with Gasteiger partial charge in [-0.2, -0.15) is 10.2 Å². The molecule has 4 aromatic rings. The molecule has 2 aromatic heterocycles. The maximum absolute atomic E-state index is 13.3. The number of nitriles is 1. The lowest BCUT2D eigenvalue weighted by Crippen LogP contribution is -2.20. The second kappa shape index (κ2) is 9.43. The van der Waals surface area contributed by atoms with Crippen molar-refractivity contribution in [2.45, 2.75) is 20.8 Å². The fourth-order valence-electron chi connectivity index (χ4n) is 3.43. The molecule has 0 aliphatic heterocycles. The molecule has 7 nitrogen and oxygen atoms in total. The van der Waals surface area contributed by atoms with Gasteiger partial charge in [0, 0.05) is 11.9 Å². The maximum atomic E-state index is 13.3. The molecule has 1 amide bonds. The van der Waals surface area contributed by atoms with Gasteiger partial charge in [0.2, 0.25) is 5.88 Å². The molecule has 0 saturated carbocycles. The van der Waals surface area contributed by atoms with E-state index >= 15 is 0 Å². The number of carbonyl (C=O) groups is 1. The first-order valence-electron chi connectivity index (χ1n) is 10.6. The standard InChI is InChI=1S/C27H22N4O3/c1-17-7-10-21(11-8-17)29-25(32)20(16-28)15-22-26(34-23-12-9-18(2)14-19(23)3)30-24-6-4-5-13-31(24)27(22)33/h4-15H,1-3H3,(H,29,32)/b20-15+. The monoisotopic (exact) mass is 450 g/mol. The quantitative estimate of drug-likeness (QED) is 0.342. The molecule has 0 aliphatic rings. The Hall–Kier alpha value is -4.70. The Labute approximate surface area is 196 Å². The van der Waals surface area contributed by atoms with Crippen LogP contribution in [0.2, 0.25) is 0 Å². The number of fused-ring (bicyclic) bond motifs is 1. The third-order valence-electron chi connectivity index (χ3n) is 5.23. The number of amides is 1. The topological polar surface area (TPSA) is 96.5 Å². The van der Waals surface area contributed by atoms with Crippen LogP contribution < -0.4 is 15.6 Å². The number of carbonyl (C=O) groups excluding carboxylic acids is 1. The zero-order valence-corrected chi connectivity index (χ0v) is 19.0. The fraction of sp³-hybridized carbons (Fsp3) is 0.111. The first-order chi connectivity index (χ1) is 16.4. The van der Waals surface area contributed by atoms with Crippen molar-refractivity contribution < 1.29 is 9.53 Å². The first-order valence-corrected chi connectivity index (χ1v) is 10.6. The Morgan fingerprint density at radius 1 is 1.06 bits per heavy atom. The highest BCUT2D eigenvalue weighted by molar-refractivity contribution is 6.09. The van der Waals surface area contributed by atoms with Crippen molar-refractivity contribution in [1.29, 1.82) is 5.26 Å². The summed E-state index contributed by atoms with van der Waals surface area (Å²) in [6, 6.07) is 19.8. The molecule has 0 fully saturated rings. The van der Waals surface area contributed by atoms with Gasteiger partial charge >= 0.3 is 0 Å². The molecule has 2 aromatic carbocycles. The largest absolute Gasteiger partial charge is 0.438 e. The summed E-state index contributed by atoms with van der Waals surface area (Å²) in [5.41, 5.74) is 3.18. The number of nitrogens with one attached hydrogen (secondary N) is 1. The van der Waals surface area contributed by atoms with Crippen molar-refractivity contribution in [2.24, 2.45) is 0 Å². The van der Waals surface area contributed by atoms with E-state index in [4.69, 9.17) is 4.74 Å². The van der Waals surface area contributed by atoms with E-state index in [9.17, 15) is 14.9 Å². The van der Waals surface area contributed by atoms with E-state index in [2.05, 4.69) is 10.3 Å². The molecule has 0 aliphatic carbocycles. The molecule has 4 rings (SSSR count). The smallest absolute Gasteiger partial charge is 0.269 e. The minimum atomic E-state index is -0.638. The second-order valence-electron chi connectivity index (χ2n) is 7.93. The van der Waals surface area contributed by atoms with E-state index in [1.165, 1.54) is 10.5 Å². The van der Waals surface area contributed by atoms with Crippen LogP contribution in [-0.2, 0) is 4.79 Å². The summed E-state index contributed by atoms with van der Waals surface area (Å²) in [7, 11) is 0. The van der Waals surface area contributed by atoms with Crippen LogP contribution in [-0.4, -0.2) is 15.3 Å². The van der Waals surface area contributed by atoms with Crippen LogP contribution in [0.5, 0.6) is 11.6 Å². The van der Waals surface area contributed by atoms with E-state index < -0.39 is 11.5 Å². The normalized spacial score (nSPS) is 11.2. The van der Waals surface area contributed by atoms with E-state index in [1.807, 2.05) is 51.1 Å². The van der Waals surface area contributed by atoms with E-state index in [1.54, 1.807) is 42.6 Å². The number of hydrogen-bond donors (Lipinski definition) is 1. The summed E-state index contributed by atoms with van der Waals surface area (Å²) in [5.74, 6) is -0.101. The predicted octanol–water partition coefficient (Wildman–Crippen LogP) is 4.96. The van der Waals surface area contributed by atoms with Gasteiger partial charge in [-0.05, 0) is 62.7 Å². The van der Waals surface area contributed by atoms with Crippen LogP contribution in [0.4, 0.5) is 5.69 Å². The van der Waals surface area contributed by atoms with Crippen molar-refractivity contribution in [3.05, 3.63) is 105 Å². The minimum Gasteiger partial charge on any atom is -0.438 e. The Kier molecular flexibility index (Phi) is 6.24. The van der Waals surface area contributed by atoms with Gasteiger partial charge < -0.3 is 10.1 Å². The maximum Gasteiger partial charge on any atom is 0.269 e. The van der Waals surface area contributed by atoms with E-state index in [0.29, 0.717) is 17.1 Å². The molecule has 0 spiro atoms. The lowest BCUT2D eigenvalue weighted by Gasteiger charge is -2.12. The highest BCUT2D eigenvalue weighted by Gasteiger charge is 2.18. The van der Waals surface area contributed by atoms with Crippen LogP contribution in [0.15, 0.2) is 77.2 Å². The van der Waals surface area contributed by atoms with Crippen molar-refractivity contribution in [3.8, 4) is 17.7 Å². The van der Waals surface area contributed by atoms with Gasteiger partial charge in [-0.15, -0.1) is 0 Å². The average molecular weight is 450 g/mol. The molecule has 0 atom stereocenters. The highest BCUT2D eigenvalue weighted by Crippen LogP contribution is 2.27. The van der Waals surface area contributed by atoms with Crippen LogP contribution >= 0.6 is 0 Å². The van der Waals surface area contributed by atoms with Crippen molar-refractivity contribution in [2.75, 3.05) is 5.32 Å². The zero-order chi connectivity index (χ0) is 24.2. The van der Waals surface area contributed by atoms with Crippen LogP contribution in [0.1, 0.15) is 22.3 Å². The number of benzene rings is 2. The van der Waals surface area contributed by atoms with E-state index in [0.717, 1.165) is 16.7 Å². The number of hydrogen-bond acceptors (Lipinski definition) is 5. The Morgan fingerprint density at radius 2 is 1.79 bits per heavy atom. The molecular weight excluding hydrogens is 428 g/mol. The van der Waals surface area contributed by atoms with Gasteiger partial charge in [-0.3, -0.25) is 14.0 Å². The summed E-state index contributed by atoms with van der Waals surface area (Å²) in [6.45, 7) is 5.79. The first kappa shape index (κ1) is 22.5. The van der Waals surface area contributed by atoms with Crippen molar-refractivity contribution >= 4 is 23.3 Å². The minimum absolute atomic E-state index is 0.000666. The lowest BCUT2D eigenvalue weighted by molar-refractivity contribution is -0.112. The number of rotatable bonds is 5. The summed E-state index contributed by atoms with van der Waals surface area (Å²) < 4.78 is 7.37.